The highest BCUT2D eigenvalue weighted by Gasteiger charge is 2.27. The standard InChI is InChI=1S/C10H17ClN2O3/c1-10(2,11)6-16-9(15)8-4-3-5-13(7-14)12-8/h7-8,12H,3-6H2,1-2H3. The van der Waals surface area contributed by atoms with Gasteiger partial charge in [-0.25, -0.2) is 5.43 Å². The summed E-state index contributed by atoms with van der Waals surface area (Å²) >= 11 is 5.91. The number of halogens is 1. The van der Waals surface area contributed by atoms with E-state index in [9.17, 15) is 9.59 Å². The average molecular weight is 249 g/mol. The van der Waals surface area contributed by atoms with Gasteiger partial charge in [-0.2, -0.15) is 0 Å². The minimum Gasteiger partial charge on any atom is -0.463 e. The molecule has 1 saturated heterocycles. The molecule has 1 aliphatic heterocycles. The van der Waals surface area contributed by atoms with Crippen molar-refractivity contribution in [1.82, 2.24) is 10.4 Å². The molecule has 6 heteroatoms. The molecule has 0 aromatic carbocycles. The van der Waals surface area contributed by atoms with Crippen LogP contribution in [0.1, 0.15) is 26.7 Å². The molecule has 0 spiro atoms. The van der Waals surface area contributed by atoms with Crippen LogP contribution in [0.25, 0.3) is 0 Å². The van der Waals surface area contributed by atoms with Gasteiger partial charge >= 0.3 is 5.97 Å². The molecule has 1 aliphatic rings. The smallest absolute Gasteiger partial charge is 0.325 e. The van der Waals surface area contributed by atoms with E-state index in [0.717, 1.165) is 6.42 Å². The van der Waals surface area contributed by atoms with Crippen LogP contribution in [-0.4, -0.2) is 41.5 Å². The van der Waals surface area contributed by atoms with Crippen LogP contribution < -0.4 is 5.43 Å². The number of alkyl halides is 1. The van der Waals surface area contributed by atoms with Crippen LogP contribution in [0.4, 0.5) is 0 Å². The summed E-state index contributed by atoms with van der Waals surface area (Å²) in [6.07, 6.45) is 2.13. The molecule has 0 aromatic rings. The van der Waals surface area contributed by atoms with E-state index in [-0.39, 0.29) is 12.6 Å². The summed E-state index contributed by atoms with van der Waals surface area (Å²) in [5.74, 6) is -0.361. The summed E-state index contributed by atoms with van der Waals surface area (Å²) in [6, 6.07) is -0.446. The quantitative estimate of drug-likeness (QED) is 0.451. The van der Waals surface area contributed by atoms with E-state index in [0.29, 0.717) is 19.4 Å². The first-order valence-electron chi connectivity index (χ1n) is 5.26. The number of esters is 1. The van der Waals surface area contributed by atoms with E-state index in [1.165, 1.54) is 5.01 Å². The minimum atomic E-state index is -0.561. The Morgan fingerprint density at radius 2 is 2.38 bits per heavy atom. The summed E-state index contributed by atoms with van der Waals surface area (Å²) in [5, 5.41) is 1.36. The molecule has 1 rings (SSSR count). The molecule has 1 heterocycles. The molecule has 16 heavy (non-hydrogen) atoms. The highest BCUT2D eigenvalue weighted by atomic mass is 35.5. The lowest BCUT2D eigenvalue weighted by Gasteiger charge is -2.30. The van der Waals surface area contributed by atoms with Gasteiger partial charge in [0.1, 0.15) is 12.6 Å². The van der Waals surface area contributed by atoms with Crippen molar-refractivity contribution in [2.24, 2.45) is 0 Å². The largest absolute Gasteiger partial charge is 0.463 e. The maximum Gasteiger partial charge on any atom is 0.325 e. The fourth-order valence-corrected chi connectivity index (χ4v) is 1.45. The van der Waals surface area contributed by atoms with Gasteiger partial charge in [0, 0.05) is 6.54 Å². The molecule has 1 amide bonds. The van der Waals surface area contributed by atoms with Crippen LogP contribution in [0.3, 0.4) is 0 Å². The van der Waals surface area contributed by atoms with Crippen LogP contribution in [0.2, 0.25) is 0 Å². The van der Waals surface area contributed by atoms with E-state index in [2.05, 4.69) is 5.43 Å². The van der Waals surface area contributed by atoms with Crippen molar-refractivity contribution >= 4 is 24.0 Å². The topological polar surface area (TPSA) is 58.6 Å². The lowest BCUT2D eigenvalue weighted by molar-refractivity contribution is -0.150. The third-order valence-corrected chi connectivity index (χ3v) is 2.29. The number of carbonyl (C=O) groups excluding carboxylic acids is 2. The first-order valence-corrected chi connectivity index (χ1v) is 5.64. The van der Waals surface area contributed by atoms with Gasteiger partial charge < -0.3 is 4.74 Å². The van der Waals surface area contributed by atoms with E-state index < -0.39 is 10.9 Å². The lowest BCUT2D eigenvalue weighted by Crippen LogP contribution is -2.52. The van der Waals surface area contributed by atoms with Crippen molar-refractivity contribution in [3.05, 3.63) is 0 Å². The number of nitrogens with one attached hydrogen (secondary N) is 1. The van der Waals surface area contributed by atoms with Gasteiger partial charge in [-0.05, 0) is 26.7 Å². The van der Waals surface area contributed by atoms with Crippen molar-refractivity contribution in [1.29, 1.82) is 0 Å². The Morgan fingerprint density at radius 1 is 1.69 bits per heavy atom. The van der Waals surface area contributed by atoms with E-state index in [4.69, 9.17) is 16.3 Å². The summed E-state index contributed by atoms with van der Waals surface area (Å²) in [7, 11) is 0. The SMILES string of the molecule is CC(C)(Cl)COC(=O)C1CCCN(C=O)N1. The number of hydrazine groups is 1. The molecule has 5 nitrogen and oxygen atoms in total. The molecular formula is C10H17ClN2O3. The molecule has 0 radical (unpaired) electrons. The Kier molecular flexibility index (Phi) is 4.56. The number of ether oxygens (including phenoxy) is 1. The molecule has 92 valence electrons. The van der Waals surface area contributed by atoms with Crippen LogP contribution in [0, 0.1) is 0 Å². The van der Waals surface area contributed by atoms with Gasteiger partial charge in [-0.1, -0.05) is 0 Å². The third kappa shape index (κ3) is 4.37. The second-order valence-electron chi connectivity index (χ2n) is 4.45. The number of rotatable bonds is 4. The second kappa shape index (κ2) is 5.50. The summed E-state index contributed by atoms with van der Waals surface area (Å²) in [4.78, 5) is 21.6. The zero-order valence-corrected chi connectivity index (χ0v) is 10.3. The molecule has 1 fully saturated rings. The third-order valence-electron chi connectivity index (χ3n) is 2.18. The van der Waals surface area contributed by atoms with Crippen molar-refractivity contribution < 1.29 is 14.3 Å². The van der Waals surface area contributed by atoms with Gasteiger partial charge in [-0.15, -0.1) is 11.6 Å². The zero-order valence-electron chi connectivity index (χ0n) is 9.53. The maximum absolute atomic E-state index is 11.6. The molecule has 0 saturated carbocycles. The van der Waals surface area contributed by atoms with E-state index in [1.807, 2.05) is 0 Å². The number of hydrogen-bond donors (Lipinski definition) is 1. The fourth-order valence-electron chi connectivity index (χ4n) is 1.39. The molecule has 0 aromatic heterocycles. The van der Waals surface area contributed by atoms with Crippen LogP contribution in [-0.2, 0) is 14.3 Å². The number of carbonyl (C=O) groups is 2. The Balaban J connectivity index is 2.38. The summed E-state index contributed by atoms with van der Waals surface area (Å²) < 4.78 is 5.06. The second-order valence-corrected chi connectivity index (χ2v) is 5.47. The van der Waals surface area contributed by atoms with E-state index in [1.54, 1.807) is 13.8 Å². The first kappa shape index (κ1) is 13.3. The number of amides is 1. The van der Waals surface area contributed by atoms with Crippen molar-refractivity contribution in [2.45, 2.75) is 37.6 Å². The van der Waals surface area contributed by atoms with Crippen LogP contribution in [0.5, 0.6) is 0 Å². The van der Waals surface area contributed by atoms with Gasteiger partial charge in [0.2, 0.25) is 6.41 Å². The minimum absolute atomic E-state index is 0.159. The summed E-state index contributed by atoms with van der Waals surface area (Å²) in [5.41, 5.74) is 2.79. The first-order chi connectivity index (χ1) is 7.42. The highest BCUT2D eigenvalue weighted by Crippen LogP contribution is 2.14. The number of hydrogen-bond acceptors (Lipinski definition) is 4. The Hall–Kier alpha value is -0.810. The molecule has 1 N–H and O–H groups in total. The molecule has 0 aliphatic carbocycles. The Morgan fingerprint density at radius 3 is 2.94 bits per heavy atom. The molecule has 0 bridgehead atoms. The van der Waals surface area contributed by atoms with Gasteiger partial charge in [0.05, 0.1) is 4.87 Å². The fraction of sp³-hybridized carbons (Fsp3) is 0.800. The van der Waals surface area contributed by atoms with E-state index >= 15 is 0 Å². The van der Waals surface area contributed by atoms with Gasteiger partial charge in [0.25, 0.3) is 0 Å². The van der Waals surface area contributed by atoms with Crippen molar-refractivity contribution in [3.8, 4) is 0 Å². The predicted octanol–water partition coefficient (Wildman–Crippen LogP) is 0.672. The lowest BCUT2D eigenvalue weighted by atomic mass is 10.1. The Labute approximate surface area is 100 Å². The molecule has 1 atom stereocenters. The van der Waals surface area contributed by atoms with Crippen LogP contribution >= 0.6 is 11.6 Å². The average Bonchev–Trinajstić information content (AvgIpc) is 2.25. The molecule has 1 unspecified atom stereocenters. The zero-order chi connectivity index (χ0) is 12.2. The van der Waals surface area contributed by atoms with Crippen molar-refractivity contribution in [3.63, 3.8) is 0 Å². The molecular weight excluding hydrogens is 232 g/mol. The highest BCUT2D eigenvalue weighted by molar-refractivity contribution is 6.23. The van der Waals surface area contributed by atoms with Gasteiger partial charge in [-0.3, -0.25) is 14.6 Å². The summed E-state index contributed by atoms with van der Waals surface area (Å²) in [6.45, 7) is 4.32. The monoisotopic (exact) mass is 248 g/mol. The van der Waals surface area contributed by atoms with Gasteiger partial charge in [0.15, 0.2) is 0 Å². The normalized spacial score (nSPS) is 21.7. The number of nitrogens with zero attached hydrogens (tertiary/aromatic N) is 1. The Bertz CT molecular complexity index is 265. The maximum atomic E-state index is 11.6. The predicted molar refractivity (Wildman–Crippen MR) is 59.8 cm³/mol. The van der Waals surface area contributed by atoms with Crippen molar-refractivity contribution in [2.75, 3.05) is 13.2 Å². The van der Waals surface area contributed by atoms with Crippen LogP contribution in [0.15, 0.2) is 0 Å².